The molecule has 0 aliphatic heterocycles. The van der Waals surface area contributed by atoms with E-state index < -0.39 is 0 Å². The molecule has 0 unspecified atom stereocenters. The summed E-state index contributed by atoms with van der Waals surface area (Å²) in [5.41, 5.74) is 5.81. The van der Waals surface area contributed by atoms with Gasteiger partial charge in [-0.05, 0) is 18.1 Å². The van der Waals surface area contributed by atoms with E-state index >= 15 is 0 Å². The zero-order chi connectivity index (χ0) is 13.7. The molecule has 0 radical (unpaired) electrons. The summed E-state index contributed by atoms with van der Waals surface area (Å²) in [6, 6.07) is 5.20. The molecule has 0 atom stereocenters. The highest BCUT2D eigenvalue weighted by molar-refractivity contribution is 5.08. The van der Waals surface area contributed by atoms with E-state index in [4.69, 9.17) is 5.73 Å². The molecule has 6 nitrogen and oxygen atoms in total. The van der Waals surface area contributed by atoms with Crippen LogP contribution in [0, 0.1) is 0 Å². The quantitative estimate of drug-likeness (QED) is 0.793. The number of hydrogen-bond acceptors (Lipinski definition) is 4. The average Bonchev–Trinajstić information content (AvgIpc) is 2.44. The fourth-order valence-corrected chi connectivity index (χ4v) is 1.86. The fourth-order valence-electron chi connectivity index (χ4n) is 1.86. The first-order valence-corrected chi connectivity index (χ1v) is 6.11. The van der Waals surface area contributed by atoms with Crippen LogP contribution in [-0.2, 0) is 19.5 Å². The lowest BCUT2D eigenvalue weighted by Gasteiger charge is -2.08. The molecular weight excluding hydrogens is 244 g/mol. The van der Waals surface area contributed by atoms with Crippen molar-refractivity contribution in [2.24, 2.45) is 5.73 Å². The molecule has 0 saturated heterocycles. The second-order valence-electron chi connectivity index (χ2n) is 4.18. The number of nitrogens with zero attached hydrogens (tertiary/aromatic N) is 3. The van der Waals surface area contributed by atoms with Gasteiger partial charge >= 0.3 is 5.69 Å². The Hall–Kier alpha value is -2.21. The Morgan fingerprint density at radius 2 is 2.05 bits per heavy atom. The van der Waals surface area contributed by atoms with Crippen molar-refractivity contribution in [1.82, 2.24) is 14.1 Å². The number of hydrogen-bond donors (Lipinski definition) is 1. The van der Waals surface area contributed by atoms with Crippen molar-refractivity contribution < 1.29 is 0 Å². The third-order valence-electron chi connectivity index (χ3n) is 2.86. The number of pyridine rings is 1. The molecule has 0 aliphatic rings. The smallest absolute Gasteiger partial charge is 0.329 e. The van der Waals surface area contributed by atoms with Gasteiger partial charge in [-0.2, -0.15) is 0 Å². The summed E-state index contributed by atoms with van der Waals surface area (Å²) in [5.74, 6) is 0. The van der Waals surface area contributed by atoms with Crippen LogP contribution in [0.2, 0.25) is 0 Å². The molecular formula is C13H16N4O2. The Kier molecular flexibility index (Phi) is 4.25. The largest absolute Gasteiger partial charge is 0.331 e. The van der Waals surface area contributed by atoms with Crippen molar-refractivity contribution in [3.63, 3.8) is 0 Å². The Balaban J connectivity index is 2.20. The topological polar surface area (TPSA) is 82.9 Å². The molecule has 2 aromatic rings. The van der Waals surface area contributed by atoms with Crippen LogP contribution in [0.5, 0.6) is 0 Å². The molecule has 0 spiro atoms. The number of nitrogens with two attached hydrogens (primary N) is 1. The monoisotopic (exact) mass is 260 g/mol. The standard InChI is InChI=1S/C13H16N4O2/c14-5-9-17-12(18)4-8-16(13(17)19)7-3-11-2-1-6-15-10-11/h1-2,4,6,8,10H,3,5,7,9,14H2. The third kappa shape index (κ3) is 3.17. The van der Waals surface area contributed by atoms with Gasteiger partial charge in [-0.1, -0.05) is 6.07 Å². The maximum atomic E-state index is 12.1. The van der Waals surface area contributed by atoms with Crippen molar-refractivity contribution in [3.05, 3.63) is 63.2 Å². The van der Waals surface area contributed by atoms with Gasteiger partial charge in [0.15, 0.2) is 0 Å². The van der Waals surface area contributed by atoms with Gasteiger partial charge in [0, 0.05) is 44.3 Å². The Morgan fingerprint density at radius 1 is 1.21 bits per heavy atom. The number of aromatic nitrogens is 3. The van der Waals surface area contributed by atoms with E-state index in [-0.39, 0.29) is 24.3 Å². The van der Waals surface area contributed by atoms with Crippen LogP contribution < -0.4 is 17.0 Å². The summed E-state index contributed by atoms with van der Waals surface area (Å²) in [6.07, 6.45) is 5.68. The molecule has 100 valence electrons. The lowest BCUT2D eigenvalue weighted by molar-refractivity contribution is 0.555. The van der Waals surface area contributed by atoms with E-state index in [1.54, 1.807) is 12.4 Å². The summed E-state index contributed by atoms with van der Waals surface area (Å²) in [5, 5.41) is 0. The third-order valence-corrected chi connectivity index (χ3v) is 2.86. The second kappa shape index (κ2) is 6.10. The minimum atomic E-state index is -0.318. The molecule has 2 aromatic heterocycles. The van der Waals surface area contributed by atoms with E-state index in [0.717, 1.165) is 10.1 Å². The molecule has 19 heavy (non-hydrogen) atoms. The predicted octanol–water partition coefficient (Wildman–Crippen LogP) is -0.394. The van der Waals surface area contributed by atoms with Crippen molar-refractivity contribution >= 4 is 0 Å². The highest BCUT2D eigenvalue weighted by Crippen LogP contribution is 1.98. The van der Waals surface area contributed by atoms with E-state index in [0.29, 0.717) is 13.0 Å². The van der Waals surface area contributed by atoms with Gasteiger partial charge in [-0.25, -0.2) is 4.79 Å². The van der Waals surface area contributed by atoms with Crippen LogP contribution in [-0.4, -0.2) is 20.7 Å². The lowest BCUT2D eigenvalue weighted by atomic mass is 10.2. The van der Waals surface area contributed by atoms with E-state index in [1.165, 1.54) is 16.8 Å². The normalized spacial score (nSPS) is 10.6. The zero-order valence-corrected chi connectivity index (χ0v) is 10.5. The van der Waals surface area contributed by atoms with Crippen molar-refractivity contribution in [1.29, 1.82) is 0 Å². The van der Waals surface area contributed by atoms with Gasteiger partial charge in [0.05, 0.1) is 0 Å². The van der Waals surface area contributed by atoms with Gasteiger partial charge in [0.1, 0.15) is 0 Å². The molecule has 2 heterocycles. The van der Waals surface area contributed by atoms with E-state index in [9.17, 15) is 9.59 Å². The first-order valence-electron chi connectivity index (χ1n) is 6.11. The van der Waals surface area contributed by atoms with Gasteiger partial charge in [-0.3, -0.25) is 14.3 Å². The maximum absolute atomic E-state index is 12.1. The van der Waals surface area contributed by atoms with Crippen molar-refractivity contribution in [2.45, 2.75) is 19.5 Å². The molecule has 0 aliphatic carbocycles. The lowest BCUT2D eigenvalue weighted by Crippen LogP contribution is -2.40. The highest BCUT2D eigenvalue weighted by Gasteiger charge is 2.04. The van der Waals surface area contributed by atoms with Gasteiger partial charge in [0.25, 0.3) is 5.56 Å². The predicted molar refractivity (Wildman–Crippen MR) is 72.0 cm³/mol. The average molecular weight is 260 g/mol. The fraction of sp³-hybridized carbons (Fsp3) is 0.308. The van der Waals surface area contributed by atoms with E-state index in [2.05, 4.69) is 4.98 Å². The summed E-state index contributed by atoms with van der Waals surface area (Å²) in [7, 11) is 0. The minimum absolute atomic E-state index is 0.241. The van der Waals surface area contributed by atoms with Gasteiger partial charge < -0.3 is 10.3 Å². The second-order valence-corrected chi connectivity index (χ2v) is 4.18. The maximum Gasteiger partial charge on any atom is 0.331 e. The number of rotatable bonds is 5. The molecule has 0 aromatic carbocycles. The van der Waals surface area contributed by atoms with Crippen LogP contribution in [0.4, 0.5) is 0 Å². The van der Waals surface area contributed by atoms with Gasteiger partial charge in [-0.15, -0.1) is 0 Å². The highest BCUT2D eigenvalue weighted by atomic mass is 16.2. The van der Waals surface area contributed by atoms with Crippen LogP contribution in [0.25, 0.3) is 0 Å². The van der Waals surface area contributed by atoms with Crippen LogP contribution in [0.1, 0.15) is 5.56 Å². The van der Waals surface area contributed by atoms with Crippen molar-refractivity contribution in [3.8, 4) is 0 Å². The SMILES string of the molecule is NCCn1c(=O)ccn(CCc2cccnc2)c1=O. The number of aryl methyl sites for hydroxylation is 2. The molecule has 0 fully saturated rings. The minimum Gasteiger partial charge on any atom is -0.329 e. The first-order chi connectivity index (χ1) is 9.22. The first kappa shape index (κ1) is 13.2. The molecule has 0 amide bonds. The van der Waals surface area contributed by atoms with E-state index in [1.807, 2.05) is 12.1 Å². The molecule has 0 saturated carbocycles. The van der Waals surface area contributed by atoms with Crippen LogP contribution >= 0.6 is 0 Å². The van der Waals surface area contributed by atoms with Crippen LogP contribution in [0.3, 0.4) is 0 Å². The Labute approximate surface area is 110 Å². The Bertz CT molecular complexity index is 646. The molecule has 2 N–H and O–H groups in total. The molecule has 0 bridgehead atoms. The van der Waals surface area contributed by atoms with Crippen LogP contribution in [0.15, 0.2) is 46.4 Å². The summed E-state index contributed by atoms with van der Waals surface area (Å²) in [6.45, 7) is 1.02. The Morgan fingerprint density at radius 3 is 2.74 bits per heavy atom. The summed E-state index contributed by atoms with van der Waals surface area (Å²) >= 11 is 0. The summed E-state index contributed by atoms with van der Waals surface area (Å²) in [4.78, 5) is 27.6. The zero-order valence-electron chi connectivity index (χ0n) is 10.5. The molecule has 2 rings (SSSR count). The summed E-state index contributed by atoms with van der Waals surface area (Å²) < 4.78 is 2.67. The van der Waals surface area contributed by atoms with Gasteiger partial charge in [0.2, 0.25) is 0 Å². The molecule has 6 heteroatoms. The van der Waals surface area contributed by atoms with Crippen molar-refractivity contribution in [2.75, 3.05) is 6.54 Å².